The van der Waals surface area contributed by atoms with E-state index in [-0.39, 0.29) is 5.56 Å². The van der Waals surface area contributed by atoms with Crippen molar-refractivity contribution in [1.29, 1.82) is 0 Å². The van der Waals surface area contributed by atoms with Crippen molar-refractivity contribution < 1.29 is 9.90 Å². The van der Waals surface area contributed by atoms with Crippen LogP contribution in [-0.4, -0.2) is 42.7 Å². The van der Waals surface area contributed by atoms with E-state index in [4.69, 9.17) is 10.8 Å². The average Bonchev–Trinajstić information content (AvgIpc) is 2.73. The quantitative estimate of drug-likeness (QED) is 0.702. The smallest absolute Gasteiger partial charge is 0.337 e. The number of para-hydroxylation sites is 1. The number of likely N-dealkylation sites (tertiary alicyclic amines) is 1. The van der Waals surface area contributed by atoms with Crippen molar-refractivity contribution in [3.8, 4) is 0 Å². The van der Waals surface area contributed by atoms with E-state index in [1.165, 1.54) is 0 Å². The first-order chi connectivity index (χ1) is 8.58. The molecule has 5 nitrogen and oxygen atoms in total. The molecular weight excluding hydrogens is 230 g/mol. The number of benzene rings is 1. The van der Waals surface area contributed by atoms with Crippen LogP contribution in [0.1, 0.15) is 16.8 Å². The number of nitrogens with one attached hydrogen (secondary N) is 1. The molecule has 18 heavy (non-hydrogen) atoms. The highest BCUT2D eigenvalue weighted by Gasteiger charge is 2.20. The molecule has 0 aromatic heterocycles. The van der Waals surface area contributed by atoms with Crippen molar-refractivity contribution in [3.05, 3.63) is 23.8 Å². The highest BCUT2D eigenvalue weighted by atomic mass is 16.4. The van der Waals surface area contributed by atoms with Gasteiger partial charge in [0.05, 0.1) is 16.9 Å². The molecular formula is C13H19N3O2. The Hall–Kier alpha value is -1.75. The lowest BCUT2D eigenvalue weighted by atomic mass is 10.1. The summed E-state index contributed by atoms with van der Waals surface area (Å²) in [5, 5.41) is 12.3. The Morgan fingerprint density at radius 1 is 1.61 bits per heavy atom. The van der Waals surface area contributed by atoms with Crippen LogP contribution in [0.25, 0.3) is 0 Å². The lowest BCUT2D eigenvalue weighted by Crippen LogP contribution is -2.20. The summed E-state index contributed by atoms with van der Waals surface area (Å²) in [6.07, 6.45) is 1.14. The average molecular weight is 249 g/mol. The third-order valence-corrected chi connectivity index (χ3v) is 3.38. The number of nitrogens with two attached hydrogens (primary N) is 1. The second-order valence-corrected chi connectivity index (χ2v) is 4.87. The summed E-state index contributed by atoms with van der Waals surface area (Å²) in [7, 11) is 2.10. The van der Waals surface area contributed by atoms with Gasteiger partial charge in [-0.15, -0.1) is 0 Å². The van der Waals surface area contributed by atoms with Crippen LogP contribution in [-0.2, 0) is 0 Å². The lowest BCUT2D eigenvalue weighted by Gasteiger charge is -2.16. The third-order valence-electron chi connectivity index (χ3n) is 3.38. The van der Waals surface area contributed by atoms with E-state index in [0.29, 0.717) is 17.3 Å². The Bertz CT molecular complexity index is 448. The zero-order valence-electron chi connectivity index (χ0n) is 10.5. The van der Waals surface area contributed by atoms with E-state index in [9.17, 15) is 4.79 Å². The summed E-state index contributed by atoms with van der Waals surface area (Å²) >= 11 is 0. The van der Waals surface area contributed by atoms with E-state index in [0.717, 1.165) is 26.1 Å². The second kappa shape index (κ2) is 5.27. The molecule has 1 aliphatic heterocycles. The van der Waals surface area contributed by atoms with E-state index >= 15 is 0 Å². The van der Waals surface area contributed by atoms with Crippen molar-refractivity contribution in [2.24, 2.45) is 5.92 Å². The fourth-order valence-electron chi connectivity index (χ4n) is 2.39. The zero-order chi connectivity index (χ0) is 13.1. The maximum absolute atomic E-state index is 11.1. The van der Waals surface area contributed by atoms with Crippen LogP contribution >= 0.6 is 0 Å². The number of carbonyl (C=O) groups is 1. The normalized spacial score (nSPS) is 19.9. The van der Waals surface area contributed by atoms with Crippen LogP contribution < -0.4 is 11.1 Å². The predicted octanol–water partition coefficient (Wildman–Crippen LogP) is 1.33. The van der Waals surface area contributed by atoms with Gasteiger partial charge in [0, 0.05) is 13.1 Å². The van der Waals surface area contributed by atoms with Crippen LogP contribution in [0.5, 0.6) is 0 Å². The van der Waals surface area contributed by atoms with Crippen molar-refractivity contribution in [1.82, 2.24) is 4.90 Å². The van der Waals surface area contributed by atoms with Gasteiger partial charge in [0.1, 0.15) is 0 Å². The van der Waals surface area contributed by atoms with Crippen LogP contribution in [0.4, 0.5) is 11.4 Å². The minimum absolute atomic E-state index is 0.237. The first-order valence-corrected chi connectivity index (χ1v) is 6.12. The second-order valence-electron chi connectivity index (χ2n) is 4.87. The van der Waals surface area contributed by atoms with Gasteiger partial charge in [-0.25, -0.2) is 4.79 Å². The molecule has 98 valence electrons. The Morgan fingerprint density at radius 3 is 3.00 bits per heavy atom. The monoisotopic (exact) mass is 249 g/mol. The first-order valence-electron chi connectivity index (χ1n) is 6.12. The van der Waals surface area contributed by atoms with Crippen LogP contribution in [0.15, 0.2) is 18.2 Å². The molecule has 1 aliphatic rings. The molecule has 0 spiro atoms. The van der Waals surface area contributed by atoms with Gasteiger partial charge in [0.2, 0.25) is 0 Å². The summed E-state index contributed by atoms with van der Waals surface area (Å²) in [6, 6.07) is 4.95. The Balaban J connectivity index is 2.06. The van der Waals surface area contributed by atoms with Gasteiger partial charge in [0.25, 0.3) is 0 Å². The van der Waals surface area contributed by atoms with Gasteiger partial charge in [0.15, 0.2) is 0 Å². The summed E-state index contributed by atoms with van der Waals surface area (Å²) in [5.41, 5.74) is 7.10. The van der Waals surface area contributed by atoms with Gasteiger partial charge >= 0.3 is 5.97 Å². The molecule has 0 bridgehead atoms. The number of anilines is 2. The molecule has 2 rings (SSSR count). The molecule has 0 aliphatic carbocycles. The number of carboxylic acids is 1. The zero-order valence-corrected chi connectivity index (χ0v) is 10.5. The van der Waals surface area contributed by atoms with Crippen molar-refractivity contribution in [2.45, 2.75) is 6.42 Å². The number of nitrogen functional groups attached to an aromatic ring is 1. The fraction of sp³-hybridized carbons (Fsp3) is 0.462. The SMILES string of the molecule is CN1CCC(CNc2c(N)cccc2C(=O)O)C1. The van der Waals surface area contributed by atoms with E-state index in [1.807, 2.05) is 0 Å². The summed E-state index contributed by atoms with van der Waals surface area (Å²) < 4.78 is 0. The topological polar surface area (TPSA) is 78.6 Å². The van der Waals surface area contributed by atoms with Gasteiger partial charge in [-0.05, 0) is 38.1 Å². The molecule has 0 amide bonds. The first kappa shape index (κ1) is 12.7. The summed E-state index contributed by atoms with van der Waals surface area (Å²) in [6.45, 7) is 2.91. The minimum Gasteiger partial charge on any atom is -0.478 e. The Morgan fingerprint density at radius 2 is 2.39 bits per heavy atom. The lowest BCUT2D eigenvalue weighted by molar-refractivity contribution is 0.0698. The van der Waals surface area contributed by atoms with E-state index in [2.05, 4.69) is 17.3 Å². The summed E-state index contributed by atoms with van der Waals surface area (Å²) in [5.74, 6) is -0.399. The van der Waals surface area contributed by atoms with E-state index < -0.39 is 5.97 Å². The number of hydrogen-bond acceptors (Lipinski definition) is 4. The highest BCUT2D eigenvalue weighted by molar-refractivity contribution is 5.97. The third kappa shape index (κ3) is 2.73. The minimum atomic E-state index is -0.951. The number of hydrogen-bond donors (Lipinski definition) is 3. The fourth-order valence-corrected chi connectivity index (χ4v) is 2.39. The molecule has 4 N–H and O–H groups in total. The maximum Gasteiger partial charge on any atom is 0.337 e. The molecule has 0 saturated carbocycles. The number of aromatic carboxylic acids is 1. The van der Waals surface area contributed by atoms with Gasteiger partial charge in [-0.2, -0.15) is 0 Å². The van der Waals surface area contributed by atoms with Crippen LogP contribution in [0, 0.1) is 5.92 Å². The van der Waals surface area contributed by atoms with Gasteiger partial charge in [-0.1, -0.05) is 6.07 Å². The largest absolute Gasteiger partial charge is 0.478 e. The van der Waals surface area contributed by atoms with Crippen LogP contribution in [0.2, 0.25) is 0 Å². The molecule has 1 unspecified atom stereocenters. The molecule has 1 heterocycles. The van der Waals surface area contributed by atoms with Gasteiger partial charge in [-0.3, -0.25) is 0 Å². The highest BCUT2D eigenvalue weighted by Crippen LogP contribution is 2.25. The molecule has 5 heteroatoms. The molecule has 1 aromatic carbocycles. The Kier molecular flexibility index (Phi) is 3.72. The molecule has 0 radical (unpaired) electrons. The van der Waals surface area contributed by atoms with Gasteiger partial charge < -0.3 is 21.1 Å². The van der Waals surface area contributed by atoms with E-state index in [1.54, 1.807) is 18.2 Å². The number of carboxylic acid groups (broad SMARTS) is 1. The molecule has 1 atom stereocenters. The Labute approximate surface area is 107 Å². The molecule has 1 saturated heterocycles. The van der Waals surface area contributed by atoms with Crippen molar-refractivity contribution in [3.63, 3.8) is 0 Å². The molecule has 1 fully saturated rings. The van der Waals surface area contributed by atoms with Crippen LogP contribution in [0.3, 0.4) is 0 Å². The summed E-state index contributed by atoms with van der Waals surface area (Å²) in [4.78, 5) is 13.4. The standard InChI is InChI=1S/C13H19N3O2/c1-16-6-5-9(8-16)7-15-12-10(13(17)18)3-2-4-11(12)14/h2-4,9,15H,5-8,14H2,1H3,(H,17,18). The van der Waals surface area contributed by atoms with Crippen molar-refractivity contribution in [2.75, 3.05) is 37.7 Å². The maximum atomic E-state index is 11.1. The molecule has 1 aromatic rings. The number of nitrogens with zero attached hydrogens (tertiary/aromatic N) is 1. The van der Waals surface area contributed by atoms with Crippen molar-refractivity contribution >= 4 is 17.3 Å². The number of rotatable bonds is 4. The predicted molar refractivity (Wildman–Crippen MR) is 71.9 cm³/mol.